The summed E-state index contributed by atoms with van der Waals surface area (Å²) in [4.78, 5) is 157. The summed E-state index contributed by atoms with van der Waals surface area (Å²) in [6, 6.07) is -2.68. The number of carboxylic acids is 4. The molecule has 0 spiro atoms. The second-order valence-corrected chi connectivity index (χ2v) is 18.5. The highest BCUT2D eigenvalue weighted by atomic mass is 16.4. The molecule has 2 fully saturated rings. The lowest BCUT2D eigenvalue weighted by atomic mass is 10.0. The molecule has 0 aromatic heterocycles. The number of carbonyl (C=O) groups is 12. The van der Waals surface area contributed by atoms with Crippen molar-refractivity contribution in [2.45, 2.75) is 147 Å². The van der Waals surface area contributed by atoms with Gasteiger partial charge in [-0.1, -0.05) is 58.0 Å². The molecule has 12 N–H and O–H groups in total. The number of nitrogens with one attached hydrogen (secondary N) is 6. The number of carboxylic acid groups (broad SMARTS) is 4. The van der Waals surface area contributed by atoms with E-state index in [1.807, 2.05) is 0 Å². The van der Waals surface area contributed by atoms with Crippen LogP contribution in [0.15, 0.2) is 30.3 Å². The first kappa shape index (κ1) is 58.1. The van der Waals surface area contributed by atoms with Crippen LogP contribution in [0.3, 0.4) is 0 Å². The lowest BCUT2D eigenvalue weighted by molar-refractivity contribution is -0.146. The van der Waals surface area contributed by atoms with E-state index in [1.165, 1.54) is 0 Å². The van der Waals surface area contributed by atoms with E-state index in [-0.39, 0.29) is 63.5 Å². The monoisotopic (exact) mass is 1000 g/mol. The molecule has 3 rings (SSSR count). The zero-order valence-corrected chi connectivity index (χ0v) is 40.2. The molecule has 0 saturated carbocycles. The number of carbonyl (C=O) groups excluding carboxylic acids is 8. The van der Waals surface area contributed by atoms with Crippen LogP contribution in [-0.4, -0.2) is 169 Å². The van der Waals surface area contributed by atoms with Gasteiger partial charge in [0.25, 0.3) is 0 Å². The van der Waals surface area contributed by atoms with Crippen molar-refractivity contribution in [1.82, 2.24) is 41.7 Å². The zero-order valence-electron chi connectivity index (χ0n) is 40.2. The van der Waals surface area contributed by atoms with Gasteiger partial charge in [0.05, 0.1) is 25.4 Å². The highest BCUT2D eigenvalue weighted by molar-refractivity contribution is 5.99. The largest absolute Gasteiger partial charge is 0.481 e. The maximum absolute atomic E-state index is 13.8. The lowest BCUT2D eigenvalue weighted by Gasteiger charge is -2.30. The van der Waals surface area contributed by atoms with Gasteiger partial charge < -0.3 is 67.9 Å². The Bertz CT molecular complexity index is 2120. The average molecular weight is 1000 g/mol. The summed E-state index contributed by atoms with van der Waals surface area (Å²) >= 11 is 0. The smallest absolute Gasteiger partial charge is 0.326 e. The Morgan fingerprint density at radius 3 is 1.65 bits per heavy atom. The fourth-order valence-corrected chi connectivity index (χ4v) is 8.25. The first-order valence-electron chi connectivity index (χ1n) is 23.4. The van der Waals surface area contributed by atoms with Gasteiger partial charge in [-0.3, -0.25) is 52.7 Å². The van der Waals surface area contributed by atoms with Gasteiger partial charge in [0, 0.05) is 25.9 Å². The molecule has 2 heterocycles. The van der Waals surface area contributed by atoms with Gasteiger partial charge in [-0.05, 0) is 62.3 Å². The third-order valence-electron chi connectivity index (χ3n) is 11.7. The van der Waals surface area contributed by atoms with Crippen molar-refractivity contribution < 1.29 is 78.0 Å². The Morgan fingerprint density at radius 1 is 0.592 bits per heavy atom. The maximum atomic E-state index is 13.8. The molecule has 71 heavy (non-hydrogen) atoms. The fourth-order valence-electron chi connectivity index (χ4n) is 8.25. The third-order valence-corrected chi connectivity index (χ3v) is 11.7. The minimum absolute atomic E-state index is 0.0109. The number of hydrogen-bond acceptors (Lipinski definition) is 13. The van der Waals surface area contributed by atoms with Gasteiger partial charge >= 0.3 is 23.9 Å². The molecule has 392 valence electrons. The Kier molecular flexibility index (Phi) is 22.8. The minimum atomic E-state index is -1.90. The standard InChI is InChI=1S/C46H67N9O16/c1-24(2)18-27(47)39(63)52-31(22-38(61)62)45(69)55-17-9-13-34(55)44(68)49-28(14-15-36(57)58)41(65)50-30(21-37(59)60)40(64)48-23-35(56)54-16-8-12-33(54)43(67)51-29(20-26-10-6-5-7-11-26)42(66)53-32(46(70)71)19-25(3)4/h5-7,10-11,24-25,27-34H,8-9,12-23,47H2,1-4H3,(H,48,64)(H,49,68)(H,50,65)(H,51,67)(H,52,63)(H,53,66)(H,57,58)(H,59,60)(H,61,62)(H,70,71)/t27-,28-,29-,30-,31-,32-,33-,34-/m0/s1. The predicted molar refractivity (Wildman–Crippen MR) is 248 cm³/mol. The van der Waals surface area contributed by atoms with Crippen LogP contribution in [0.4, 0.5) is 0 Å². The molecule has 8 atom stereocenters. The molecule has 25 heteroatoms. The molecule has 2 aliphatic heterocycles. The highest BCUT2D eigenvalue weighted by Gasteiger charge is 2.41. The Hall–Kier alpha value is -7.18. The summed E-state index contributed by atoms with van der Waals surface area (Å²) in [5, 5.41) is 52.6. The summed E-state index contributed by atoms with van der Waals surface area (Å²) in [6.07, 6.45) is -2.14. The van der Waals surface area contributed by atoms with E-state index in [1.54, 1.807) is 58.0 Å². The SMILES string of the molecule is CC(C)C[C@H](NC(=O)[C@H](Cc1ccccc1)NC(=O)[C@@H]1CCCN1C(=O)CNC(=O)[C@H](CC(=O)O)NC(=O)[C@H](CCC(=O)O)NC(=O)[C@@H]1CCCN1C(=O)[C@H](CC(=O)O)NC(=O)[C@@H](N)CC(C)C)C(=O)O. The molecule has 0 bridgehead atoms. The molecule has 0 aliphatic carbocycles. The van der Waals surface area contributed by atoms with Crippen molar-refractivity contribution in [2.24, 2.45) is 17.6 Å². The molecule has 1 aromatic rings. The first-order chi connectivity index (χ1) is 33.4. The first-order valence-corrected chi connectivity index (χ1v) is 23.4. The number of amides is 8. The Labute approximate surface area is 409 Å². The zero-order chi connectivity index (χ0) is 53.1. The van der Waals surface area contributed by atoms with Gasteiger partial charge in [0.2, 0.25) is 47.3 Å². The third kappa shape index (κ3) is 18.9. The number of aliphatic carboxylic acids is 4. The molecule has 1 aromatic carbocycles. The van der Waals surface area contributed by atoms with Crippen LogP contribution in [0.5, 0.6) is 0 Å². The van der Waals surface area contributed by atoms with E-state index in [2.05, 4.69) is 31.9 Å². The van der Waals surface area contributed by atoms with Crippen molar-refractivity contribution in [3.63, 3.8) is 0 Å². The number of benzene rings is 1. The summed E-state index contributed by atoms with van der Waals surface area (Å²) in [6.45, 7) is 6.36. The van der Waals surface area contributed by atoms with Crippen molar-refractivity contribution in [2.75, 3.05) is 19.6 Å². The van der Waals surface area contributed by atoms with Crippen molar-refractivity contribution in [3.05, 3.63) is 35.9 Å². The number of nitrogens with zero attached hydrogens (tertiary/aromatic N) is 2. The van der Waals surface area contributed by atoms with Crippen LogP contribution in [0.25, 0.3) is 0 Å². The topological polar surface area (TPSA) is 390 Å². The average Bonchev–Trinajstić information content (AvgIpc) is 3.99. The van der Waals surface area contributed by atoms with Crippen LogP contribution in [0, 0.1) is 11.8 Å². The molecule has 2 saturated heterocycles. The van der Waals surface area contributed by atoms with Crippen molar-refractivity contribution >= 4 is 71.1 Å². The van der Waals surface area contributed by atoms with Gasteiger partial charge in [0.1, 0.15) is 42.3 Å². The lowest BCUT2D eigenvalue weighted by Crippen LogP contribution is -2.59. The van der Waals surface area contributed by atoms with Crippen LogP contribution in [-0.2, 0) is 64.0 Å². The second kappa shape index (κ2) is 27.9. The van der Waals surface area contributed by atoms with Crippen molar-refractivity contribution in [1.29, 1.82) is 0 Å². The Morgan fingerprint density at radius 2 is 1.10 bits per heavy atom. The maximum Gasteiger partial charge on any atom is 0.326 e. The minimum Gasteiger partial charge on any atom is -0.481 e. The second-order valence-electron chi connectivity index (χ2n) is 18.5. The van der Waals surface area contributed by atoms with Gasteiger partial charge in [-0.25, -0.2) is 4.79 Å². The number of nitrogens with two attached hydrogens (primary N) is 1. The molecule has 25 nitrogen and oxygen atoms in total. The van der Waals surface area contributed by atoms with E-state index < -0.39 is 152 Å². The molecule has 8 amide bonds. The summed E-state index contributed by atoms with van der Waals surface area (Å²) in [5.74, 6) is -13.2. The normalized spacial score (nSPS) is 18.0. The molecular formula is C46H67N9O16. The predicted octanol–water partition coefficient (Wildman–Crippen LogP) is -1.93. The number of likely N-dealkylation sites (tertiary alicyclic amines) is 2. The number of rotatable bonds is 28. The summed E-state index contributed by atoms with van der Waals surface area (Å²) in [7, 11) is 0. The number of hydrogen-bond donors (Lipinski definition) is 11. The Balaban J connectivity index is 1.73. The highest BCUT2D eigenvalue weighted by Crippen LogP contribution is 2.21. The molecule has 2 aliphatic rings. The quantitative estimate of drug-likeness (QED) is 0.0435. The van der Waals surface area contributed by atoms with Crippen LogP contribution in [0.1, 0.15) is 97.5 Å². The van der Waals surface area contributed by atoms with E-state index in [0.29, 0.717) is 12.0 Å². The summed E-state index contributed by atoms with van der Waals surface area (Å²) in [5.41, 5.74) is 6.58. The molecular weight excluding hydrogens is 935 g/mol. The van der Waals surface area contributed by atoms with E-state index in [4.69, 9.17) is 5.73 Å². The molecule has 0 radical (unpaired) electrons. The van der Waals surface area contributed by atoms with Crippen LogP contribution < -0.4 is 37.6 Å². The van der Waals surface area contributed by atoms with Gasteiger partial charge in [-0.2, -0.15) is 0 Å². The van der Waals surface area contributed by atoms with E-state index in [9.17, 15) is 78.0 Å². The van der Waals surface area contributed by atoms with Crippen molar-refractivity contribution in [3.8, 4) is 0 Å². The summed E-state index contributed by atoms with van der Waals surface area (Å²) < 4.78 is 0. The van der Waals surface area contributed by atoms with Crippen LogP contribution >= 0.6 is 0 Å². The van der Waals surface area contributed by atoms with Gasteiger partial charge in [0.15, 0.2) is 0 Å². The fraction of sp³-hybridized carbons (Fsp3) is 0.609. The van der Waals surface area contributed by atoms with Gasteiger partial charge in [-0.15, -0.1) is 0 Å². The van der Waals surface area contributed by atoms with E-state index >= 15 is 0 Å². The molecule has 0 unspecified atom stereocenters. The van der Waals surface area contributed by atoms with E-state index in [0.717, 1.165) is 9.80 Å². The van der Waals surface area contributed by atoms with Crippen LogP contribution in [0.2, 0.25) is 0 Å².